The Morgan fingerprint density at radius 3 is 1.14 bits per heavy atom. The van der Waals surface area contributed by atoms with Crippen molar-refractivity contribution in [2.75, 3.05) is 13.2 Å². The second kappa shape index (κ2) is 24.5. The third-order valence-corrected chi connectivity index (χ3v) is 11.9. The molecule has 4 rings (SSSR count). The average molecular weight is 779 g/mol. The summed E-state index contributed by atoms with van der Waals surface area (Å²) < 4.78 is 22.0. The van der Waals surface area contributed by atoms with Crippen LogP contribution in [0.15, 0.2) is 48.5 Å². The van der Waals surface area contributed by atoms with E-state index in [1.54, 1.807) is 24.3 Å². The third kappa shape index (κ3) is 14.8. The molecule has 0 aromatic heterocycles. The lowest BCUT2D eigenvalue weighted by Gasteiger charge is -2.31. The minimum atomic E-state index is -2.29. The van der Waals surface area contributed by atoms with E-state index in [9.17, 15) is 29.4 Å². The minimum absolute atomic E-state index is 0.00249. The summed E-state index contributed by atoms with van der Waals surface area (Å²) in [5.74, 6) is -1.47. The van der Waals surface area contributed by atoms with E-state index in [1.807, 2.05) is 0 Å². The zero-order valence-corrected chi connectivity index (χ0v) is 33.8. The summed E-state index contributed by atoms with van der Waals surface area (Å²) in [4.78, 5) is 50.1. The molecule has 10 heteroatoms. The summed E-state index contributed by atoms with van der Waals surface area (Å²) >= 11 is 0. The SMILES string of the molecule is CCCCCC1CCCCC1CCCOc1ccc(C(=O)O[C@@H](C(=O)O)[C@@H](OC(=O)c2ccc(OCCCC3CCCCC3CCCCC)cc2)C(=O)O)cc1. The number of aliphatic carboxylic acids is 2. The molecular weight excluding hydrogens is 712 g/mol. The van der Waals surface area contributed by atoms with Crippen LogP contribution in [0.25, 0.3) is 0 Å². The van der Waals surface area contributed by atoms with Gasteiger partial charge in [0.05, 0.1) is 24.3 Å². The average Bonchev–Trinajstić information content (AvgIpc) is 3.20. The summed E-state index contributed by atoms with van der Waals surface area (Å²) in [5, 5.41) is 19.6. The Hall–Kier alpha value is -4.08. The Bertz CT molecular complexity index is 1360. The quantitative estimate of drug-likeness (QED) is 0.0737. The highest BCUT2D eigenvalue weighted by Gasteiger charge is 2.41. The van der Waals surface area contributed by atoms with Gasteiger partial charge in [-0.3, -0.25) is 0 Å². The summed E-state index contributed by atoms with van der Waals surface area (Å²) in [5.41, 5.74) is -0.00498. The predicted molar refractivity (Wildman–Crippen MR) is 215 cm³/mol. The predicted octanol–water partition coefficient (Wildman–Crippen LogP) is 10.7. The second-order valence-corrected chi connectivity index (χ2v) is 16.0. The van der Waals surface area contributed by atoms with Crippen LogP contribution in [0.1, 0.15) is 163 Å². The van der Waals surface area contributed by atoms with E-state index in [-0.39, 0.29) is 11.1 Å². The van der Waals surface area contributed by atoms with Gasteiger partial charge in [0.1, 0.15) is 11.5 Å². The van der Waals surface area contributed by atoms with Gasteiger partial charge in [-0.25, -0.2) is 19.2 Å². The molecule has 0 saturated heterocycles. The number of ether oxygens (including phenoxy) is 4. The van der Waals surface area contributed by atoms with Crippen LogP contribution in [0.5, 0.6) is 11.5 Å². The smallest absolute Gasteiger partial charge is 0.349 e. The molecular formula is C46H66O10. The van der Waals surface area contributed by atoms with Crippen LogP contribution in [-0.4, -0.2) is 59.5 Å². The van der Waals surface area contributed by atoms with Crippen molar-refractivity contribution in [1.82, 2.24) is 0 Å². The van der Waals surface area contributed by atoms with E-state index in [0.717, 1.165) is 49.4 Å². The van der Waals surface area contributed by atoms with Gasteiger partial charge in [-0.2, -0.15) is 0 Å². The van der Waals surface area contributed by atoms with E-state index in [0.29, 0.717) is 24.7 Å². The molecule has 0 radical (unpaired) electrons. The Balaban J connectivity index is 1.22. The standard InChI is InChI=1S/C46H66O10/c1-3-5-7-15-33-17-9-11-19-35(33)21-13-31-53-39-27-23-37(24-28-39)45(51)55-41(43(47)48)42(44(49)50)56-46(52)38-25-29-40(30-26-38)54-32-14-22-36-20-12-10-18-34(36)16-8-6-4-2/h23-30,33-36,41-42H,3-22,31-32H2,1-2H3,(H,47,48)(H,49,50)/t33?,34?,35?,36?,41-,42-/m1/s1. The van der Waals surface area contributed by atoms with Gasteiger partial charge in [0.2, 0.25) is 12.2 Å². The fourth-order valence-corrected chi connectivity index (χ4v) is 8.70. The molecule has 0 bridgehead atoms. The maximum absolute atomic E-state index is 12.9. The van der Waals surface area contributed by atoms with E-state index in [4.69, 9.17) is 18.9 Å². The van der Waals surface area contributed by atoms with Crippen LogP contribution in [-0.2, 0) is 19.1 Å². The summed E-state index contributed by atoms with van der Waals surface area (Å²) in [6, 6.07) is 12.0. The lowest BCUT2D eigenvalue weighted by Crippen LogP contribution is -2.45. The molecule has 4 unspecified atom stereocenters. The van der Waals surface area contributed by atoms with Crippen molar-refractivity contribution in [3.8, 4) is 11.5 Å². The van der Waals surface area contributed by atoms with Crippen molar-refractivity contribution in [1.29, 1.82) is 0 Å². The van der Waals surface area contributed by atoms with Gasteiger partial charge in [0.25, 0.3) is 0 Å². The minimum Gasteiger partial charge on any atom is -0.494 e. The normalized spacial score (nSPS) is 20.7. The van der Waals surface area contributed by atoms with E-state index < -0.39 is 36.1 Å². The Labute approximate surface area is 334 Å². The van der Waals surface area contributed by atoms with Crippen LogP contribution >= 0.6 is 0 Å². The van der Waals surface area contributed by atoms with E-state index in [2.05, 4.69) is 13.8 Å². The molecule has 2 saturated carbocycles. The number of esters is 2. The molecule has 2 fully saturated rings. The number of unbranched alkanes of at least 4 members (excludes halogenated alkanes) is 4. The second-order valence-electron chi connectivity index (χ2n) is 16.0. The number of rotatable bonds is 25. The third-order valence-electron chi connectivity index (χ3n) is 11.9. The number of hydrogen-bond acceptors (Lipinski definition) is 8. The first kappa shape index (κ1) is 44.6. The first-order chi connectivity index (χ1) is 27.2. The number of carboxylic acids is 2. The van der Waals surface area contributed by atoms with Crippen molar-refractivity contribution < 1.29 is 48.3 Å². The van der Waals surface area contributed by atoms with Crippen molar-refractivity contribution in [2.24, 2.45) is 23.7 Å². The largest absolute Gasteiger partial charge is 0.494 e. The van der Waals surface area contributed by atoms with Gasteiger partial charge in [-0.15, -0.1) is 0 Å². The van der Waals surface area contributed by atoms with Crippen molar-refractivity contribution in [3.63, 3.8) is 0 Å². The molecule has 0 amide bonds. The Morgan fingerprint density at radius 1 is 0.518 bits per heavy atom. The van der Waals surface area contributed by atoms with Gasteiger partial charge in [-0.05, 0) is 97.9 Å². The maximum atomic E-state index is 12.9. The van der Waals surface area contributed by atoms with Crippen LogP contribution in [0, 0.1) is 23.7 Å². The number of hydrogen-bond donors (Lipinski definition) is 2. The highest BCUT2D eigenvalue weighted by Crippen LogP contribution is 2.37. The molecule has 310 valence electrons. The highest BCUT2D eigenvalue weighted by atomic mass is 16.6. The van der Waals surface area contributed by atoms with Crippen molar-refractivity contribution in [3.05, 3.63) is 59.7 Å². The lowest BCUT2D eigenvalue weighted by molar-refractivity contribution is -0.166. The first-order valence-corrected chi connectivity index (χ1v) is 21.5. The zero-order chi connectivity index (χ0) is 40.1. The molecule has 0 heterocycles. The monoisotopic (exact) mass is 778 g/mol. The lowest BCUT2D eigenvalue weighted by atomic mass is 9.74. The summed E-state index contributed by atoms with van der Waals surface area (Å²) in [6.45, 7) is 5.57. The van der Waals surface area contributed by atoms with Crippen LogP contribution in [0.2, 0.25) is 0 Å². The van der Waals surface area contributed by atoms with Crippen LogP contribution < -0.4 is 9.47 Å². The topological polar surface area (TPSA) is 146 Å². The molecule has 0 spiro atoms. The number of carbonyl (C=O) groups is 4. The van der Waals surface area contributed by atoms with Gasteiger partial charge >= 0.3 is 23.9 Å². The molecule has 10 nitrogen and oxygen atoms in total. The van der Waals surface area contributed by atoms with E-state index >= 15 is 0 Å². The van der Waals surface area contributed by atoms with Crippen LogP contribution in [0.3, 0.4) is 0 Å². The Morgan fingerprint density at radius 2 is 0.839 bits per heavy atom. The molecule has 56 heavy (non-hydrogen) atoms. The summed E-state index contributed by atoms with van der Waals surface area (Å²) in [7, 11) is 0. The van der Waals surface area contributed by atoms with Gasteiger partial charge in [-0.1, -0.05) is 117 Å². The fourth-order valence-electron chi connectivity index (χ4n) is 8.70. The fraction of sp³-hybridized carbons (Fsp3) is 0.652. The van der Waals surface area contributed by atoms with Gasteiger partial charge in [0, 0.05) is 0 Å². The van der Waals surface area contributed by atoms with E-state index in [1.165, 1.54) is 127 Å². The van der Waals surface area contributed by atoms with Gasteiger partial charge in [0.15, 0.2) is 0 Å². The number of carboxylic acid groups (broad SMARTS) is 2. The van der Waals surface area contributed by atoms with Gasteiger partial charge < -0.3 is 29.2 Å². The molecule has 2 aromatic carbocycles. The molecule has 6 atom stereocenters. The van der Waals surface area contributed by atoms with Crippen molar-refractivity contribution in [2.45, 2.75) is 154 Å². The van der Waals surface area contributed by atoms with Crippen LogP contribution in [0.4, 0.5) is 0 Å². The zero-order valence-electron chi connectivity index (χ0n) is 33.8. The highest BCUT2D eigenvalue weighted by molar-refractivity contribution is 5.95. The molecule has 2 N–H and O–H groups in total. The molecule has 0 aliphatic heterocycles. The maximum Gasteiger partial charge on any atom is 0.349 e. The molecule has 2 aliphatic rings. The first-order valence-electron chi connectivity index (χ1n) is 21.5. The molecule has 2 aliphatic carbocycles. The molecule has 2 aromatic rings. The van der Waals surface area contributed by atoms with Crippen molar-refractivity contribution >= 4 is 23.9 Å². The number of benzene rings is 2. The Kier molecular flexibility index (Phi) is 19.6. The number of carbonyl (C=O) groups excluding carboxylic acids is 2. The summed E-state index contributed by atoms with van der Waals surface area (Å²) in [6.07, 6.45) is 20.4.